The summed E-state index contributed by atoms with van der Waals surface area (Å²) in [6, 6.07) is 3.59. The average Bonchev–Trinajstić information content (AvgIpc) is 2.36. The van der Waals surface area contributed by atoms with Crippen LogP contribution >= 0.6 is 23.8 Å². The number of benzene rings is 1. The molecule has 0 atom stereocenters. The Morgan fingerprint density at radius 3 is 2.76 bits per heavy atom. The highest BCUT2D eigenvalue weighted by molar-refractivity contribution is 7.80. The number of nitrogens with zero attached hydrogens (tertiary/aromatic N) is 1. The van der Waals surface area contributed by atoms with E-state index in [2.05, 4.69) is 15.8 Å². The zero-order valence-corrected chi connectivity index (χ0v) is 13.8. The fourth-order valence-electron chi connectivity index (χ4n) is 1.74. The van der Waals surface area contributed by atoms with Crippen molar-refractivity contribution in [2.75, 3.05) is 13.2 Å². The van der Waals surface area contributed by atoms with E-state index in [4.69, 9.17) is 33.3 Å². The smallest absolute Gasteiger partial charge is 0.187 e. The van der Waals surface area contributed by atoms with Crippen LogP contribution in [0.2, 0.25) is 5.02 Å². The minimum absolute atomic E-state index is 0.111. The average molecular weight is 328 g/mol. The van der Waals surface area contributed by atoms with Crippen LogP contribution in [0, 0.1) is 0 Å². The van der Waals surface area contributed by atoms with Crippen molar-refractivity contribution in [1.29, 1.82) is 0 Å². The van der Waals surface area contributed by atoms with Crippen LogP contribution in [0.4, 0.5) is 0 Å². The van der Waals surface area contributed by atoms with E-state index in [1.54, 1.807) is 12.3 Å². The molecule has 2 rings (SSSR count). The van der Waals surface area contributed by atoms with Crippen molar-refractivity contribution < 1.29 is 9.47 Å². The number of hydrazone groups is 1. The van der Waals surface area contributed by atoms with Gasteiger partial charge in [0.05, 0.1) is 11.2 Å². The number of fused-ring (bicyclic) bond motifs is 1. The molecule has 0 saturated carbocycles. The summed E-state index contributed by atoms with van der Waals surface area (Å²) in [5.74, 6) is 1.21. The van der Waals surface area contributed by atoms with Gasteiger partial charge in [-0.15, -0.1) is 0 Å². The van der Waals surface area contributed by atoms with Crippen LogP contribution in [0.3, 0.4) is 0 Å². The molecule has 114 valence electrons. The summed E-state index contributed by atoms with van der Waals surface area (Å²) in [7, 11) is 0. The third-order valence-corrected chi connectivity index (χ3v) is 2.96. The van der Waals surface area contributed by atoms with Gasteiger partial charge in [0.2, 0.25) is 0 Å². The summed E-state index contributed by atoms with van der Waals surface area (Å²) in [4.78, 5) is 0. The summed E-state index contributed by atoms with van der Waals surface area (Å²) in [6.07, 6.45) is 1.63. The van der Waals surface area contributed by atoms with Gasteiger partial charge in [0.25, 0.3) is 0 Å². The number of rotatable bonds is 2. The Morgan fingerprint density at radius 1 is 1.33 bits per heavy atom. The third kappa shape index (κ3) is 4.75. The molecular weight excluding hydrogens is 310 g/mol. The van der Waals surface area contributed by atoms with E-state index in [0.717, 1.165) is 5.56 Å². The van der Waals surface area contributed by atoms with Gasteiger partial charge in [0, 0.05) is 5.54 Å². The lowest BCUT2D eigenvalue weighted by Gasteiger charge is -2.21. The highest BCUT2D eigenvalue weighted by Crippen LogP contribution is 2.37. The van der Waals surface area contributed by atoms with Gasteiger partial charge in [-0.25, -0.2) is 0 Å². The number of hydrogen-bond donors (Lipinski definition) is 2. The topological polar surface area (TPSA) is 54.9 Å². The molecule has 0 spiro atoms. The van der Waals surface area contributed by atoms with Crippen molar-refractivity contribution in [1.82, 2.24) is 10.7 Å². The predicted octanol–water partition coefficient (Wildman–Crippen LogP) is 2.71. The molecule has 0 saturated heterocycles. The molecule has 1 aliphatic rings. The van der Waals surface area contributed by atoms with E-state index in [1.165, 1.54) is 0 Å². The highest BCUT2D eigenvalue weighted by atomic mass is 35.5. The second kappa shape index (κ2) is 6.49. The first kappa shape index (κ1) is 15.9. The van der Waals surface area contributed by atoms with Crippen molar-refractivity contribution in [3.63, 3.8) is 0 Å². The molecule has 0 radical (unpaired) electrons. The Bertz CT molecular complexity index is 570. The lowest BCUT2D eigenvalue weighted by Crippen LogP contribution is -2.44. The Hall–Kier alpha value is -1.53. The largest absolute Gasteiger partial charge is 0.486 e. The predicted molar refractivity (Wildman–Crippen MR) is 88.7 cm³/mol. The summed E-state index contributed by atoms with van der Waals surface area (Å²) < 4.78 is 11.0. The number of ether oxygens (including phenoxy) is 2. The number of halogens is 1. The molecule has 0 aliphatic carbocycles. The summed E-state index contributed by atoms with van der Waals surface area (Å²) in [5.41, 5.74) is 3.45. The van der Waals surface area contributed by atoms with Crippen molar-refractivity contribution >= 4 is 35.1 Å². The van der Waals surface area contributed by atoms with E-state index in [1.807, 2.05) is 26.8 Å². The van der Waals surface area contributed by atoms with E-state index < -0.39 is 0 Å². The molecule has 0 aromatic heterocycles. The van der Waals surface area contributed by atoms with E-state index in [-0.39, 0.29) is 5.54 Å². The van der Waals surface area contributed by atoms with Crippen molar-refractivity contribution in [2.24, 2.45) is 5.10 Å². The second-order valence-corrected chi connectivity index (χ2v) is 6.42. The second-order valence-electron chi connectivity index (χ2n) is 5.60. The van der Waals surface area contributed by atoms with E-state index in [0.29, 0.717) is 34.8 Å². The third-order valence-electron chi connectivity index (χ3n) is 2.49. The Morgan fingerprint density at radius 2 is 2.05 bits per heavy atom. The van der Waals surface area contributed by atoms with Gasteiger partial charge in [0.1, 0.15) is 13.2 Å². The van der Waals surface area contributed by atoms with Crippen molar-refractivity contribution in [3.8, 4) is 11.5 Å². The molecule has 1 aromatic carbocycles. The van der Waals surface area contributed by atoms with Crippen LogP contribution in [0.1, 0.15) is 26.3 Å². The zero-order chi connectivity index (χ0) is 15.5. The lowest BCUT2D eigenvalue weighted by molar-refractivity contribution is 0.171. The molecule has 0 fully saturated rings. The number of nitrogens with one attached hydrogen (secondary N) is 2. The first-order valence-electron chi connectivity index (χ1n) is 6.55. The molecule has 2 N–H and O–H groups in total. The minimum atomic E-state index is -0.111. The van der Waals surface area contributed by atoms with Crippen LogP contribution in [-0.2, 0) is 0 Å². The molecule has 1 heterocycles. The van der Waals surface area contributed by atoms with Crippen LogP contribution in [0.5, 0.6) is 11.5 Å². The van der Waals surface area contributed by atoms with Crippen molar-refractivity contribution in [3.05, 3.63) is 22.7 Å². The fraction of sp³-hybridized carbons (Fsp3) is 0.429. The maximum atomic E-state index is 6.15. The van der Waals surface area contributed by atoms with E-state index in [9.17, 15) is 0 Å². The normalized spacial score (nSPS) is 14.1. The van der Waals surface area contributed by atoms with Gasteiger partial charge in [-0.3, -0.25) is 5.43 Å². The Balaban J connectivity index is 2.01. The fourth-order valence-corrected chi connectivity index (χ4v) is 2.37. The highest BCUT2D eigenvalue weighted by Gasteiger charge is 2.16. The van der Waals surface area contributed by atoms with Gasteiger partial charge >= 0.3 is 0 Å². The number of thiocarbonyl (C=S) groups is 1. The summed E-state index contributed by atoms with van der Waals surface area (Å²) in [5, 5.41) is 8.15. The van der Waals surface area contributed by atoms with Crippen LogP contribution < -0.4 is 20.2 Å². The van der Waals surface area contributed by atoms with Gasteiger partial charge < -0.3 is 14.8 Å². The Kier molecular flexibility index (Phi) is 4.90. The molecule has 1 aliphatic heterocycles. The van der Waals surface area contributed by atoms with Gasteiger partial charge in [-0.2, -0.15) is 5.10 Å². The molecule has 0 bridgehead atoms. The quantitative estimate of drug-likeness (QED) is 0.497. The molecular formula is C14H18ClN3O2S. The van der Waals surface area contributed by atoms with Crippen LogP contribution in [0.15, 0.2) is 17.2 Å². The SMILES string of the molecule is CC(C)(C)NC(=S)N/N=C\c1cc(Cl)c2c(c1)OCCO2. The van der Waals surface area contributed by atoms with Crippen LogP contribution in [0.25, 0.3) is 0 Å². The number of hydrogen-bond acceptors (Lipinski definition) is 4. The standard InChI is InChI=1S/C14H18ClN3O2S/c1-14(2,3)17-13(21)18-16-8-9-6-10(15)12-11(7-9)19-4-5-20-12/h6-8H,4-5H2,1-3H3,(H2,17,18,21)/b16-8-. The first-order valence-corrected chi connectivity index (χ1v) is 7.34. The maximum absolute atomic E-state index is 6.15. The van der Waals surface area contributed by atoms with Crippen molar-refractivity contribution in [2.45, 2.75) is 26.3 Å². The molecule has 21 heavy (non-hydrogen) atoms. The first-order chi connectivity index (χ1) is 9.85. The minimum Gasteiger partial charge on any atom is -0.486 e. The van der Waals surface area contributed by atoms with Crippen LogP contribution in [-0.4, -0.2) is 30.1 Å². The summed E-state index contributed by atoms with van der Waals surface area (Å²) in [6.45, 7) is 7.08. The molecule has 0 amide bonds. The maximum Gasteiger partial charge on any atom is 0.187 e. The monoisotopic (exact) mass is 327 g/mol. The van der Waals surface area contributed by atoms with E-state index >= 15 is 0 Å². The molecule has 1 aromatic rings. The molecule has 5 nitrogen and oxygen atoms in total. The lowest BCUT2D eigenvalue weighted by atomic mass is 10.1. The Labute approximate surface area is 134 Å². The molecule has 0 unspecified atom stereocenters. The van der Waals surface area contributed by atoms with Gasteiger partial charge in [0.15, 0.2) is 16.6 Å². The zero-order valence-electron chi connectivity index (χ0n) is 12.2. The van der Waals surface area contributed by atoms with Gasteiger partial charge in [-0.05, 0) is 50.7 Å². The molecule has 7 heteroatoms. The summed E-state index contributed by atoms with van der Waals surface area (Å²) >= 11 is 11.3. The van der Waals surface area contributed by atoms with Gasteiger partial charge in [-0.1, -0.05) is 11.6 Å².